The van der Waals surface area contributed by atoms with Crippen molar-refractivity contribution in [2.45, 2.75) is 52.1 Å². The fourth-order valence-corrected chi connectivity index (χ4v) is 2.09. The van der Waals surface area contributed by atoms with Crippen LogP contribution in [-0.2, 0) is 0 Å². The second-order valence-corrected chi connectivity index (χ2v) is 5.44. The Morgan fingerprint density at radius 1 is 1.31 bits per heavy atom. The Balaban J connectivity index is 2.30. The van der Waals surface area contributed by atoms with E-state index in [9.17, 15) is 4.79 Å². The summed E-state index contributed by atoms with van der Waals surface area (Å²) in [7, 11) is 0. The minimum Gasteiger partial charge on any atom is -0.338 e. The van der Waals surface area contributed by atoms with Gasteiger partial charge in [0.2, 0.25) is 0 Å². The molecule has 1 heterocycles. The van der Waals surface area contributed by atoms with Crippen LogP contribution in [0.3, 0.4) is 0 Å². The molecular formula is C12H25N3O. The van der Waals surface area contributed by atoms with Crippen molar-refractivity contribution in [3.05, 3.63) is 0 Å². The van der Waals surface area contributed by atoms with Gasteiger partial charge in [0, 0.05) is 31.2 Å². The Bertz CT molecular complexity index is 227. The van der Waals surface area contributed by atoms with Crippen LogP contribution in [-0.4, -0.2) is 42.1 Å². The second kappa shape index (κ2) is 5.53. The van der Waals surface area contributed by atoms with Crippen molar-refractivity contribution < 1.29 is 4.79 Å². The lowest BCUT2D eigenvalue weighted by atomic mass is 9.98. The number of hydrogen-bond donors (Lipinski definition) is 2. The van der Waals surface area contributed by atoms with Crippen molar-refractivity contribution >= 4 is 6.03 Å². The molecule has 0 radical (unpaired) electrons. The van der Waals surface area contributed by atoms with Gasteiger partial charge < -0.3 is 10.6 Å². The summed E-state index contributed by atoms with van der Waals surface area (Å²) in [4.78, 5) is 13.8. The fourth-order valence-electron chi connectivity index (χ4n) is 2.09. The first-order valence-electron chi connectivity index (χ1n) is 6.23. The third-order valence-electron chi connectivity index (χ3n) is 3.12. The van der Waals surface area contributed by atoms with Crippen molar-refractivity contribution in [1.82, 2.24) is 15.5 Å². The molecule has 1 saturated heterocycles. The van der Waals surface area contributed by atoms with E-state index in [-0.39, 0.29) is 11.6 Å². The van der Waals surface area contributed by atoms with E-state index in [4.69, 9.17) is 0 Å². The first-order chi connectivity index (χ1) is 7.43. The predicted octanol–water partition coefficient (Wildman–Crippen LogP) is 1.57. The Morgan fingerprint density at radius 3 is 2.31 bits per heavy atom. The number of hydrogen-bond acceptors (Lipinski definition) is 2. The van der Waals surface area contributed by atoms with Gasteiger partial charge in [0.25, 0.3) is 0 Å². The lowest BCUT2D eigenvalue weighted by Crippen LogP contribution is -2.52. The molecule has 2 N–H and O–H groups in total. The number of piperidine rings is 1. The van der Waals surface area contributed by atoms with Crippen molar-refractivity contribution in [3.8, 4) is 0 Å². The topological polar surface area (TPSA) is 44.4 Å². The lowest BCUT2D eigenvalue weighted by molar-refractivity contribution is 0.0978. The first-order valence-corrected chi connectivity index (χ1v) is 6.23. The highest BCUT2D eigenvalue weighted by molar-refractivity contribution is 5.74. The summed E-state index contributed by atoms with van der Waals surface area (Å²) in [5.41, 5.74) is 0.247. The Morgan fingerprint density at radius 2 is 1.88 bits per heavy atom. The minimum atomic E-state index is -0.0308. The molecule has 2 amide bonds. The Kier molecular flexibility index (Phi) is 4.59. The van der Waals surface area contributed by atoms with Crippen LogP contribution < -0.4 is 10.6 Å². The highest BCUT2D eigenvalue weighted by Crippen LogP contribution is 2.19. The van der Waals surface area contributed by atoms with E-state index in [1.807, 2.05) is 6.92 Å². The maximum atomic E-state index is 11.4. The normalized spacial score (nSPS) is 19.5. The van der Waals surface area contributed by atoms with E-state index in [0.29, 0.717) is 12.6 Å². The van der Waals surface area contributed by atoms with Crippen molar-refractivity contribution in [1.29, 1.82) is 0 Å². The summed E-state index contributed by atoms with van der Waals surface area (Å²) in [6.45, 7) is 11.5. The van der Waals surface area contributed by atoms with E-state index in [1.54, 1.807) is 0 Å². The Labute approximate surface area is 98.8 Å². The van der Waals surface area contributed by atoms with Crippen LogP contribution in [0.1, 0.15) is 40.5 Å². The minimum absolute atomic E-state index is 0.0308. The van der Waals surface area contributed by atoms with E-state index >= 15 is 0 Å². The molecule has 1 aliphatic heterocycles. The monoisotopic (exact) mass is 227 g/mol. The van der Waals surface area contributed by atoms with Gasteiger partial charge in [-0.2, -0.15) is 0 Å². The highest BCUT2D eigenvalue weighted by Gasteiger charge is 2.27. The molecule has 1 rings (SSSR count). The zero-order valence-corrected chi connectivity index (χ0v) is 11.0. The van der Waals surface area contributed by atoms with Gasteiger partial charge in [-0.3, -0.25) is 4.90 Å². The third-order valence-corrected chi connectivity index (χ3v) is 3.12. The molecule has 16 heavy (non-hydrogen) atoms. The summed E-state index contributed by atoms with van der Waals surface area (Å²) < 4.78 is 0. The van der Waals surface area contributed by atoms with Crippen molar-refractivity contribution in [2.75, 3.05) is 19.6 Å². The average molecular weight is 227 g/mol. The molecule has 0 unspecified atom stereocenters. The number of rotatable bonds is 2. The summed E-state index contributed by atoms with van der Waals surface area (Å²) in [6, 6.07) is 0.307. The van der Waals surface area contributed by atoms with Crippen LogP contribution >= 0.6 is 0 Å². The number of carbonyl (C=O) groups is 1. The van der Waals surface area contributed by atoms with Crippen molar-refractivity contribution in [2.24, 2.45) is 0 Å². The maximum absolute atomic E-state index is 11.4. The first kappa shape index (κ1) is 13.3. The van der Waals surface area contributed by atoms with E-state index in [2.05, 4.69) is 36.3 Å². The molecule has 1 aliphatic rings. The number of carbonyl (C=O) groups excluding carboxylic acids is 1. The molecule has 94 valence electrons. The number of likely N-dealkylation sites (tertiary alicyclic amines) is 1. The summed E-state index contributed by atoms with van der Waals surface area (Å²) in [5, 5.41) is 5.79. The SMILES string of the molecule is CCNC(=O)NC1CCN(C(C)(C)C)CC1. The van der Waals surface area contributed by atoms with Crippen molar-refractivity contribution in [3.63, 3.8) is 0 Å². The molecule has 4 nitrogen and oxygen atoms in total. The van der Waals surface area contributed by atoms with Crippen LogP contribution in [0.4, 0.5) is 4.79 Å². The molecule has 1 fully saturated rings. The van der Waals surface area contributed by atoms with Gasteiger partial charge in [-0.15, -0.1) is 0 Å². The largest absolute Gasteiger partial charge is 0.338 e. The molecule has 0 aliphatic carbocycles. The van der Waals surface area contributed by atoms with E-state index in [0.717, 1.165) is 25.9 Å². The van der Waals surface area contributed by atoms with E-state index < -0.39 is 0 Å². The lowest BCUT2D eigenvalue weighted by Gasteiger charge is -2.40. The fraction of sp³-hybridized carbons (Fsp3) is 0.917. The van der Waals surface area contributed by atoms with Crippen LogP contribution in [0.25, 0.3) is 0 Å². The number of nitrogens with zero attached hydrogens (tertiary/aromatic N) is 1. The van der Waals surface area contributed by atoms with Gasteiger partial charge in [-0.05, 0) is 40.5 Å². The zero-order chi connectivity index (χ0) is 12.2. The van der Waals surface area contributed by atoms with Crippen LogP contribution in [0, 0.1) is 0 Å². The van der Waals surface area contributed by atoms with Gasteiger partial charge in [-0.25, -0.2) is 4.79 Å². The van der Waals surface area contributed by atoms with Gasteiger partial charge in [0.05, 0.1) is 0 Å². The van der Waals surface area contributed by atoms with Gasteiger partial charge in [0.15, 0.2) is 0 Å². The zero-order valence-electron chi connectivity index (χ0n) is 11.0. The third kappa shape index (κ3) is 4.00. The maximum Gasteiger partial charge on any atom is 0.314 e. The van der Waals surface area contributed by atoms with Gasteiger partial charge in [0.1, 0.15) is 0 Å². The van der Waals surface area contributed by atoms with Crippen LogP contribution in [0.2, 0.25) is 0 Å². The van der Waals surface area contributed by atoms with Crippen LogP contribution in [0.5, 0.6) is 0 Å². The summed E-state index contributed by atoms with van der Waals surface area (Å²) in [5.74, 6) is 0. The molecular weight excluding hydrogens is 202 g/mol. The second-order valence-electron chi connectivity index (χ2n) is 5.44. The molecule has 0 atom stereocenters. The molecule has 0 bridgehead atoms. The number of nitrogens with one attached hydrogen (secondary N) is 2. The standard InChI is InChI=1S/C12H25N3O/c1-5-13-11(16)14-10-6-8-15(9-7-10)12(2,3)4/h10H,5-9H2,1-4H3,(H2,13,14,16). The molecule has 0 aromatic heterocycles. The Hall–Kier alpha value is -0.770. The molecule has 0 saturated carbocycles. The van der Waals surface area contributed by atoms with Gasteiger partial charge >= 0.3 is 6.03 Å². The predicted molar refractivity (Wildman–Crippen MR) is 66.6 cm³/mol. The highest BCUT2D eigenvalue weighted by atomic mass is 16.2. The average Bonchev–Trinajstić information content (AvgIpc) is 2.17. The number of urea groups is 1. The molecule has 0 spiro atoms. The molecule has 0 aromatic rings. The summed E-state index contributed by atoms with van der Waals surface area (Å²) in [6.07, 6.45) is 2.10. The van der Waals surface area contributed by atoms with Gasteiger partial charge in [-0.1, -0.05) is 0 Å². The smallest absolute Gasteiger partial charge is 0.314 e. The van der Waals surface area contributed by atoms with E-state index in [1.165, 1.54) is 0 Å². The number of amides is 2. The molecule has 4 heteroatoms. The molecule has 0 aromatic carbocycles. The quantitative estimate of drug-likeness (QED) is 0.752. The van der Waals surface area contributed by atoms with Crippen LogP contribution in [0.15, 0.2) is 0 Å². The summed E-state index contributed by atoms with van der Waals surface area (Å²) >= 11 is 0.